The summed E-state index contributed by atoms with van der Waals surface area (Å²) in [6.45, 7) is 10.5. The summed E-state index contributed by atoms with van der Waals surface area (Å²) >= 11 is 12.1. The van der Waals surface area contributed by atoms with Crippen molar-refractivity contribution in [3.8, 4) is 0 Å². The second-order valence-electron chi connectivity index (χ2n) is 7.70. The number of rotatable bonds is 6. The first kappa shape index (κ1) is 20.7. The zero-order chi connectivity index (χ0) is 19.5. The Bertz CT molecular complexity index is 766. The van der Waals surface area contributed by atoms with Gasteiger partial charge in [0.05, 0.1) is 16.0 Å². The third kappa shape index (κ3) is 5.21. The molecule has 7 heteroatoms. The van der Waals surface area contributed by atoms with Gasteiger partial charge >= 0.3 is 0 Å². The SMILES string of the molecule is CC(C)C(C(=O)NCCc1noc(C(C)(C)C)n1)c1ccc(Cl)c(Cl)c1. The number of benzene rings is 1. The van der Waals surface area contributed by atoms with Gasteiger partial charge < -0.3 is 9.84 Å². The summed E-state index contributed by atoms with van der Waals surface area (Å²) in [5, 5.41) is 7.85. The molecule has 2 rings (SSSR count). The molecule has 1 unspecified atom stereocenters. The molecule has 26 heavy (non-hydrogen) atoms. The molecule has 1 atom stereocenters. The fraction of sp³-hybridized carbons (Fsp3) is 0.526. The molecular weight excluding hydrogens is 373 g/mol. The highest BCUT2D eigenvalue weighted by Crippen LogP contribution is 2.30. The average Bonchev–Trinajstić information content (AvgIpc) is 3.00. The number of nitrogens with one attached hydrogen (secondary N) is 1. The summed E-state index contributed by atoms with van der Waals surface area (Å²) in [5.74, 6) is 0.934. The van der Waals surface area contributed by atoms with Crippen molar-refractivity contribution in [3.05, 3.63) is 45.5 Å². The highest BCUT2D eigenvalue weighted by Gasteiger charge is 2.25. The fourth-order valence-electron chi connectivity index (χ4n) is 2.61. The normalized spacial score (nSPS) is 13.1. The molecule has 142 valence electrons. The number of amides is 1. The zero-order valence-electron chi connectivity index (χ0n) is 15.8. The fourth-order valence-corrected chi connectivity index (χ4v) is 2.92. The van der Waals surface area contributed by atoms with Crippen LogP contribution >= 0.6 is 23.2 Å². The van der Waals surface area contributed by atoms with Crippen LogP contribution in [0.3, 0.4) is 0 Å². The minimum Gasteiger partial charge on any atom is -0.355 e. The number of hydrogen-bond acceptors (Lipinski definition) is 4. The highest BCUT2D eigenvalue weighted by molar-refractivity contribution is 6.42. The second kappa shape index (κ2) is 8.40. The van der Waals surface area contributed by atoms with Gasteiger partial charge in [-0.1, -0.05) is 69.0 Å². The Labute approximate surface area is 164 Å². The van der Waals surface area contributed by atoms with E-state index in [-0.39, 0.29) is 23.2 Å². The van der Waals surface area contributed by atoms with Gasteiger partial charge in [-0.3, -0.25) is 4.79 Å². The van der Waals surface area contributed by atoms with E-state index < -0.39 is 0 Å². The lowest BCUT2D eigenvalue weighted by molar-refractivity contribution is -0.123. The minimum absolute atomic E-state index is 0.0575. The molecule has 0 spiro atoms. The zero-order valence-corrected chi connectivity index (χ0v) is 17.3. The van der Waals surface area contributed by atoms with E-state index in [0.717, 1.165) is 5.56 Å². The molecule has 0 bridgehead atoms. The molecule has 0 fully saturated rings. The van der Waals surface area contributed by atoms with Crippen LogP contribution in [-0.2, 0) is 16.6 Å². The quantitative estimate of drug-likeness (QED) is 0.761. The highest BCUT2D eigenvalue weighted by atomic mass is 35.5. The summed E-state index contributed by atoms with van der Waals surface area (Å²) < 4.78 is 5.27. The second-order valence-corrected chi connectivity index (χ2v) is 8.52. The van der Waals surface area contributed by atoms with Crippen LogP contribution in [0.25, 0.3) is 0 Å². The summed E-state index contributed by atoms with van der Waals surface area (Å²) in [6, 6.07) is 5.31. The Kier molecular flexibility index (Phi) is 6.69. The predicted octanol–water partition coefficient (Wildman–Crippen LogP) is 4.77. The monoisotopic (exact) mass is 397 g/mol. The topological polar surface area (TPSA) is 68.0 Å². The Morgan fingerprint density at radius 3 is 2.46 bits per heavy atom. The molecule has 5 nitrogen and oxygen atoms in total. The maximum absolute atomic E-state index is 12.7. The van der Waals surface area contributed by atoms with Crippen molar-refractivity contribution in [2.45, 2.75) is 52.4 Å². The van der Waals surface area contributed by atoms with Gasteiger partial charge in [-0.15, -0.1) is 0 Å². The van der Waals surface area contributed by atoms with Crippen molar-refractivity contribution in [2.24, 2.45) is 5.92 Å². The number of carbonyl (C=O) groups excluding carboxylic acids is 1. The van der Waals surface area contributed by atoms with Crippen LogP contribution in [0.1, 0.15) is 57.8 Å². The molecular formula is C19H25Cl2N3O2. The van der Waals surface area contributed by atoms with E-state index in [1.807, 2.05) is 40.7 Å². The van der Waals surface area contributed by atoms with Gasteiger partial charge in [0.1, 0.15) is 0 Å². The molecule has 0 saturated heterocycles. The molecule has 1 amide bonds. The first-order valence-electron chi connectivity index (χ1n) is 8.65. The number of carbonyl (C=O) groups is 1. The van der Waals surface area contributed by atoms with E-state index in [1.54, 1.807) is 12.1 Å². The molecule has 0 saturated carbocycles. The van der Waals surface area contributed by atoms with Crippen LogP contribution < -0.4 is 5.32 Å². The van der Waals surface area contributed by atoms with Crippen molar-refractivity contribution in [3.63, 3.8) is 0 Å². The van der Waals surface area contributed by atoms with Gasteiger partial charge in [-0.25, -0.2) is 0 Å². The predicted molar refractivity (Wildman–Crippen MR) is 104 cm³/mol. The third-order valence-corrected chi connectivity index (χ3v) is 4.75. The van der Waals surface area contributed by atoms with Crippen molar-refractivity contribution in [1.29, 1.82) is 0 Å². The lowest BCUT2D eigenvalue weighted by Gasteiger charge is -2.21. The van der Waals surface area contributed by atoms with Crippen LogP contribution in [0.5, 0.6) is 0 Å². The van der Waals surface area contributed by atoms with Crippen molar-refractivity contribution < 1.29 is 9.32 Å². The average molecular weight is 398 g/mol. The molecule has 0 aliphatic heterocycles. The summed E-state index contributed by atoms with van der Waals surface area (Å²) in [5.41, 5.74) is 0.659. The van der Waals surface area contributed by atoms with Crippen LogP contribution in [0.4, 0.5) is 0 Å². The number of nitrogens with zero attached hydrogens (tertiary/aromatic N) is 2. The van der Waals surface area contributed by atoms with Crippen LogP contribution in [0.15, 0.2) is 22.7 Å². The smallest absolute Gasteiger partial charge is 0.232 e. The van der Waals surface area contributed by atoms with Crippen LogP contribution in [-0.4, -0.2) is 22.6 Å². The third-order valence-electron chi connectivity index (χ3n) is 4.01. The van der Waals surface area contributed by atoms with E-state index in [0.29, 0.717) is 34.7 Å². The maximum atomic E-state index is 12.7. The molecule has 1 aromatic heterocycles. The Morgan fingerprint density at radius 1 is 1.23 bits per heavy atom. The molecule has 1 aromatic carbocycles. The number of halogens is 2. The Morgan fingerprint density at radius 2 is 1.92 bits per heavy atom. The number of aromatic nitrogens is 2. The van der Waals surface area contributed by atoms with E-state index in [1.165, 1.54) is 0 Å². The van der Waals surface area contributed by atoms with Gasteiger partial charge in [-0.2, -0.15) is 4.98 Å². The van der Waals surface area contributed by atoms with Crippen LogP contribution in [0, 0.1) is 5.92 Å². The Balaban J connectivity index is 2.00. The van der Waals surface area contributed by atoms with E-state index >= 15 is 0 Å². The molecule has 1 N–H and O–H groups in total. The van der Waals surface area contributed by atoms with Gasteiger partial charge in [-0.05, 0) is 23.6 Å². The van der Waals surface area contributed by atoms with E-state index in [4.69, 9.17) is 27.7 Å². The van der Waals surface area contributed by atoms with Gasteiger partial charge in [0.15, 0.2) is 5.82 Å². The first-order valence-corrected chi connectivity index (χ1v) is 9.41. The minimum atomic E-state index is -0.305. The molecule has 0 aliphatic carbocycles. The summed E-state index contributed by atoms with van der Waals surface area (Å²) in [6.07, 6.45) is 0.511. The standard InChI is InChI=1S/C19H25Cl2N3O2/c1-11(2)16(12-6-7-13(20)14(21)10-12)17(25)22-9-8-15-23-18(26-24-15)19(3,4)5/h6-7,10-11,16H,8-9H2,1-5H3,(H,22,25). The van der Waals surface area contributed by atoms with Gasteiger partial charge in [0.2, 0.25) is 11.8 Å². The molecule has 1 heterocycles. The maximum Gasteiger partial charge on any atom is 0.232 e. The lowest BCUT2D eigenvalue weighted by atomic mass is 9.87. The van der Waals surface area contributed by atoms with Crippen molar-refractivity contribution >= 4 is 29.1 Å². The molecule has 2 aromatic rings. The van der Waals surface area contributed by atoms with Gasteiger partial charge in [0.25, 0.3) is 0 Å². The van der Waals surface area contributed by atoms with E-state index in [9.17, 15) is 4.79 Å². The van der Waals surface area contributed by atoms with E-state index in [2.05, 4.69) is 15.5 Å². The number of hydrogen-bond donors (Lipinski definition) is 1. The van der Waals surface area contributed by atoms with Crippen LogP contribution in [0.2, 0.25) is 10.0 Å². The summed E-state index contributed by atoms with van der Waals surface area (Å²) in [4.78, 5) is 17.1. The summed E-state index contributed by atoms with van der Waals surface area (Å²) in [7, 11) is 0. The molecule has 0 radical (unpaired) electrons. The largest absolute Gasteiger partial charge is 0.355 e. The Hall–Kier alpha value is -1.59. The van der Waals surface area contributed by atoms with Crippen molar-refractivity contribution in [2.75, 3.05) is 6.54 Å². The van der Waals surface area contributed by atoms with Gasteiger partial charge in [0, 0.05) is 18.4 Å². The lowest BCUT2D eigenvalue weighted by Crippen LogP contribution is -2.33. The first-order chi connectivity index (χ1) is 12.1. The van der Waals surface area contributed by atoms with Crippen molar-refractivity contribution in [1.82, 2.24) is 15.5 Å². The molecule has 0 aliphatic rings.